The van der Waals surface area contributed by atoms with Crippen molar-refractivity contribution in [3.63, 3.8) is 0 Å². The maximum Gasteiger partial charge on any atom is 0.248 e. The molecule has 132 valence electrons. The van der Waals surface area contributed by atoms with Gasteiger partial charge in [-0.1, -0.05) is 11.3 Å². The molecule has 0 radical (unpaired) electrons. The van der Waals surface area contributed by atoms with E-state index in [0.717, 1.165) is 27.3 Å². The third-order valence-corrected chi connectivity index (χ3v) is 4.96. The SMILES string of the molecule is COc1c(F)cc(C(N)=O)cc1Nc1nc2c(ccc3c2ncn3C)s1. The first-order valence-electron chi connectivity index (χ1n) is 7.63. The van der Waals surface area contributed by atoms with E-state index < -0.39 is 11.7 Å². The van der Waals surface area contributed by atoms with Gasteiger partial charge in [-0.2, -0.15) is 0 Å². The monoisotopic (exact) mass is 371 g/mol. The van der Waals surface area contributed by atoms with E-state index in [1.165, 1.54) is 24.5 Å². The van der Waals surface area contributed by atoms with Crippen molar-refractivity contribution in [1.29, 1.82) is 0 Å². The molecule has 1 amide bonds. The van der Waals surface area contributed by atoms with Gasteiger partial charge in [0, 0.05) is 12.6 Å². The molecule has 26 heavy (non-hydrogen) atoms. The number of hydrogen-bond donors (Lipinski definition) is 2. The summed E-state index contributed by atoms with van der Waals surface area (Å²) in [5.74, 6) is -1.43. The van der Waals surface area contributed by atoms with Gasteiger partial charge in [-0.3, -0.25) is 4.79 Å². The first-order valence-corrected chi connectivity index (χ1v) is 8.44. The van der Waals surface area contributed by atoms with E-state index >= 15 is 0 Å². The Kier molecular flexibility index (Phi) is 3.73. The minimum Gasteiger partial charge on any atom is -0.492 e. The van der Waals surface area contributed by atoms with Crippen LogP contribution in [-0.4, -0.2) is 27.6 Å². The van der Waals surface area contributed by atoms with Crippen molar-refractivity contribution in [2.45, 2.75) is 0 Å². The molecule has 4 rings (SSSR count). The predicted octanol–water partition coefficient (Wildman–Crippen LogP) is 3.17. The van der Waals surface area contributed by atoms with Gasteiger partial charge in [-0.25, -0.2) is 14.4 Å². The Balaban J connectivity index is 1.82. The highest BCUT2D eigenvalue weighted by molar-refractivity contribution is 7.22. The van der Waals surface area contributed by atoms with Crippen LogP contribution in [0, 0.1) is 5.82 Å². The van der Waals surface area contributed by atoms with E-state index in [0.29, 0.717) is 5.13 Å². The molecule has 0 saturated heterocycles. The van der Waals surface area contributed by atoms with Crippen molar-refractivity contribution in [3.05, 3.63) is 42.0 Å². The number of rotatable bonds is 4. The maximum absolute atomic E-state index is 14.2. The molecule has 0 bridgehead atoms. The number of amides is 1. The summed E-state index contributed by atoms with van der Waals surface area (Å²) in [7, 11) is 3.26. The normalized spacial score (nSPS) is 11.2. The zero-order chi connectivity index (χ0) is 18.4. The molecule has 0 saturated carbocycles. The smallest absolute Gasteiger partial charge is 0.248 e. The summed E-state index contributed by atoms with van der Waals surface area (Å²) in [5.41, 5.74) is 8.09. The number of imidazole rings is 1. The molecule has 0 aliphatic carbocycles. The van der Waals surface area contributed by atoms with E-state index in [1.807, 2.05) is 23.7 Å². The Morgan fingerprint density at radius 2 is 2.15 bits per heavy atom. The van der Waals surface area contributed by atoms with Gasteiger partial charge in [0.05, 0.1) is 29.3 Å². The first kappa shape index (κ1) is 16.3. The molecule has 2 aromatic carbocycles. The molecular formula is C17H14FN5O2S. The number of carbonyl (C=O) groups is 1. The average Bonchev–Trinajstić information content (AvgIpc) is 3.17. The lowest BCUT2D eigenvalue weighted by Crippen LogP contribution is -2.12. The lowest BCUT2D eigenvalue weighted by Gasteiger charge is -2.11. The summed E-state index contributed by atoms with van der Waals surface area (Å²) in [4.78, 5) is 20.4. The van der Waals surface area contributed by atoms with E-state index in [-0.39, 0.29) is 17.0 Å². The number of nitrogens with two attached hydrogens (primary N) is 1. The second kappa shape index (κ2) is 5.95. The number of ether oxygens (including phenoxy) is 1. The van der Waals surface area contributed by atoms with Crippen LogP contribution in [0.2, 0.25) is 0 Å². The summed E-state index contributed by atoms with van der Waals surface area (Å²) < 4.78 is 22.1. The maximum atomic E-state index is 14.2. The predicted molar refractivity (Wildman–Crippen MR) is 98.6 cm³/mol. The van der Waals surface area contributed by atoms with Crippen LogP contribution in [0.5, 0.6) is 5.75 Å². The van der Waals surface area contributed by atoms with Gasteiger partial charge in [0.15, 0.2) is 16.7 Å². The Morgan fingerprint density at radius 1 is 1.35 bits per heavy atom. The average molecular weight is 371 g/mol. The number of hydrogen-bond acceptors (Lipinski definition) is 6. The minimum atomic E-state index is -0.728. The van der Waals surface area contributed by atoms with Crippen molar-refractivity contribution in [3.8, 4) is 5.75 Å². The van der Waals surface area contributed by atoms with Crippen LogP contribution in [0.1, 0.15) is 10.4 Å². The standard InChI is InChI=1S/C17H14FN5O2S/c1-23-7-20-13-11(23)3-4-12-14(13)22-17(26-12)21-10-6-8(16(19)24)5-9(18)15(10)25-2/h3-7H,1-2H3,(H2,19,24)(H,21,22). The van der Waals surface area contributed by atoms with Crippen molar-refractivity contribution in [2.24, 2.45) is 12.8 Å². The summed E-state index contributed by atoms with van der Waals surface area (Å²) in [6.45, 7) is 0. The van der Waals surface area contributed by atoms with Crippen LogP contribution in [0.15, 0.2) is 30.6 Å². The molecule has 0 fully saturated rings. The molecule has 0 spiro atoms. The Labute approximate surface area is 151 Å². The van der Waals surface area contributed by atoms with Crippen molar-refractivity contribution in [2.75, 3.05) is 12.4 Å². The van der Waals surface area contributed by atoms with Crippen LogP contribution in [-0.2, 0) is 7.05 Å². The largest absolute Gasteiger partial charge is 0.492 e. The van der Waals surface area contributed by atoms with Gasteiger partial charge >= 0.3 is 0 Å². The number of carbonyl (C=O) groups excluding carboxylic acids is 1. The number of nitrogens with zero attached hydrogens (tertiary/aromatic N) is 3. The van der Waals surface area contributed by atoms with Crippen molar-refractivity contribution >= 4 is 49.3 Å². The molecule has 0 atom stereocenters. The highest BCUT2D eigenvalue weighted by atomic mass is 32.1. The zero-order valence-corrected chi connectivity index (χ0v) is 14.7. The third kappa shape index (κ3) is 2.53. The topological polar surface area (TPSA) is 95.1 Å². The molecular weight excluding hydrogens is 357 g/mol. The van der Waals surface area contributed by atoms with Gasteiger partial charge in [0.25, 0.3) is 0 Å². The fourth-order valence-electron chi connectivity index (χ4n) is 2.79. The molecule has 0 unspecified atom stereocenters. The molecule has 2 aromatic heterocycles. The first-order chi connectivity index (χ1) is 12.5. The van der Waals surface area contributed by atoms with Gasteiger partial charge in [0.2, 0.25) is 5.91 Å². The summed E-state index contributed by atoms with van der Waals surface area (Å²) in [5, 5.41) is 3.55. The van der Waals surface area contributed by atoms with E-state index in [2.05, 4.69) is 15.3 Å². The number of aryl methyl sites for hydroxylation is 1. The number of thiazole rings is 1. The van der Waals surface area contributed by atoms with E-state index in [9.17, 15) is 9.18 Å². The Hall–Kier alpha value is -3.20. The number of primary amides is 1. The van der Waals surface area contributed by atoms with Crippen LogP contribution in [0.25, 0.3) is 21.3 Å². The fourth-order valence-corrected chi connectivity index (χ4v) is 3.67. The van der Waals surface area contributed by atoms with Gasteiger partial charge in [0.1, 0.15) is 11.0 Å². The molecule has 3 N–H and O–H groups in total. The number of nitrogens with one attached hydrogen (secondary N) is 1. The lowest BCUT2D eigenvalue weighted by molar-refractivity contribution is 0.1000. The minimum absolute atomic E-state index is 0.0164. The third-order valence-electron chi connectivity index (χ3n) is 4.03. The van der Waals surface area contributed by atoms with E-state index in [4.69, 9.17) is 10.5 Å². The molecule has 2 heterocycles. The van der Waals surface area contributed by atoms with Gasteiger partial charge in [-0.05, 0) is 24.3 Å². The molecule has 0 aliphatic heterocycles. The molecule has 7 nitrogen and oxygen atoms in total. The quantitative estimate of drug-likeness (QED) is 0.574. The van der Waals surface area contributed by atoms with Crippen molar-refractivity contribution in [1.82, 2.24) is 14.5 Å². The highest BCUT2D eigenvalue weighted by Gasteiger charge is 2.17. The second-order valence-electron chi connectivity index (χ2n) is 5.68. The molecule has 0 aliphatic rings. The number of methoxy groups -OCH3 is 1. The zero-order valence-electron chi connectivity index (χ0n) is 13.9. The van der Waals surface area contributed by atoms with Gasteiger partial charge in [-0.15, -0.1) is 0 Å². The highest BCUT2D eigenvalue weighted by Crippen LogP contribution is 2.36. The Bertz CT molecular complexity index is 1170. The number of anilines is 2. The molecule has 9 heteroatoms. The van der Waals surface area contributed by atoms with E-state index in [1.54, 1.807) is 6.33 Å². The summed E-state index contributed by atoms with van der Waals surface area (Å²) >= 11 is 1.39. The summed E-state index contributed by atoms with van der Waals surface area (Å²) in [6, 6.07) is 6.41. The number of halogens is 1. The fraction of sp³-hybridized carbons (Fsp3) is 0.118. The number of aromatic nitrogens is 3. The molecule has 4 aromatic rings. The number of benzene rings is 2. The van der Waals surface area contributed by atoms with Crippen LogP contribution in [0.3, 0.4) is 0 Å². The van der Waals surface area contributed by atoms with Crippen LogP contribution < -0.4 is 15.8 Å². The lowest BCUT2D eigenvalue weighted by atomic mass is 10.1. The Morgan fingerprint density at radius 3 is 2.88 bits per heavy atom. The van der Waals surface area contributed by atoms with Crippen LogP contribution >= 0.6 is 11.3 Å². The second-order valence-corrected chi connectivity index (χ2v) is 6.71. The van der Waals surface area contributed by atoms with Crippen molar-refractivity contribution < 1.29 is 13.9 Å². The van der Waals surface area contributed by atoms with Gasteiger partial charge < -0.3 is 20.4 Å². The van der Waals surface area contributed by atoms with Crippen LogP contribution in [0.4, 0.5) is 15.2 Å². The number of fused-ring (bicyclic) bond motifs is 3. The summed E-state index contributed by atoms with van der Waals surface area (Å²) in [6.07, 6.45) is 1.73.